The topological polar surface area (TPSA) is 188 Å². The molecule has 6 rings (SSSR count). The molecular weight excluding hydrogens is 708 g/mol. The third-order valence-electron chi connectivity index (χ3n) is 10.7. The zero-order valence-corrected chi connectivity index (χ0v) is 31.5. The van der Waals surface area contributed by atoms with E-state index in [2.05, 4.69) is 4.90 Å². The first-order chi connectivity index (χ1) is 26.0. The Morgan fingerprint density at radius 2 is 1.47 bits per heavy atom. The highest BCUT2D eigenvalue weighted by Gasteiger charge is 2.47. The van der Waals surface area contributed by atoms with E-state index in [9.17, 15) is 34.9 Å². The molecule has 3 aromatic carbocycles. The molecule has 0 bridgehead atoms. The SMILES string of the molecule is COc1ccc2c(c1)C(C)(C)C(=CC1=C([O-])C(=CC3=[N+](Cc4cc([N+](=O)[O-])cc([N+](=O)[O-])c4)c4ccc(OC)cc4C3(C)C)C1=O)N2CCCCCC(=O)O. The Hall–Kier alpha value is -6.31. The van der Waals surface area contributed by atoms with Crippen molar-refractivity contribution in [3.05, 3.63) is 126 Å². The van der Waals surface area contributed by atoms with Gasteiger partial charge in [-0.2, -0.15) is 4.58 Å². The van der Waals surface area contributed by atoms with Gasteiger partial charge < -0.3 is 24.6 Å². The molecule has 2 heterocycles. The van der Waals surface area contributed by atoms with Crippen LogP contribution >= 0.6 is 0 Å². The highest BCUT2D eigenvalue weighted by molar-refractivity contribution is 6.24. The molecule has 14 nitrogen and oxygen atoms in total. The van der Waals surface area contributed by atoms with Crippen molar-refractivity contribution in [2.75, 3.05) is 25.7 Å². The first-order valence-corrected chi connectivity index (χ1v) is 17.8. The number of anilines is 1. The van der Waals surface area contributed by atoms with Gasteiger partial charge in [-0.25, -0.2) is 0 Å². The molecule has 3 aromatic rings. The summed E-state index contributed by atoms with van der Waals surface area (Å²) in [6.45, 7) is 8.41. The predicted molar refractivity (Wildman–Crippen MR) is 202 cm³/mol. The fraction of sp³-hybridized carbons (Fsp3) is 0.341. The summed E-state index contributed by atoms with van der Waals surface area (Å²) >= 11 is 0. The number of rotatable bonds is 14. The average molecular weight is 751 g/mol. The quantitative estimate of drug-likeness (QED) is 0.0619. The smallest absolute Gasteiger partial charge is 0.303 e. The molecular formula is C41H42N4O10. The lowest BCUT2D eigenvalue weighted by Crippen LogP contribution is -2.35. The van der Waals surface area contributed by atoms with Crippen molar-refractivity contribution in [3.63, 3.8) is 0 Å². The molecule has 0 radical (unpaired) electrons. The highest BCUT2D eigenvalue weighted by Crippen LogP contribution is 2.50. The van der Waals surface area contributed by atoms with Crippen molar-refractivity contribution in [2.24, 2.45) is 0 Å². The number of nitro groups is 2. The summed E-state index contributed by atoms with van der Waals surface area (Å²) < 4.78 is 12.8. The second kappa shape index (κ2) is 14.5. The van der Waals surface area contributed by atoms with Crippen LogP contribution in [-0.2, 0) is 27.0 Å². The van der Waals surface area contributed by atoms with Gasteiger partial charge in [-0.05, 0) is 68.7 Å². The number of ketones is 1. The number of Topliss-reactive ketones (excluding diaryl/α,β-unsaturated/α-hetero) is 1. The van der Waals surface area contributed by atoms with Crippen molar-refractivity contribution in [1.29, 1.82) is 0 Å². The monoisotopic (exact) mass is 750 g/mol. The average Bonchev–Trinajstić information content (AvgIpc) is 3.48. The molecule has 0 fully saturated rings. The number of benzene rings is 3. The lowest BCUT2D eigenvalue weighted by Gasteiger charge is -2.33. The second-order valence-corrected chi connectivity index (χ2v) is 14.9. The number of carbonyl (C=O) groups excluding carboxylic acids is 1. The standard InChI is InChI=1S/C41H42N4O10/c1-40(2)31-19-27(54-5)11-13-33(31)42(15-9-7-8-10-37(46)47)35(40)21-29-38(48)30(39(29)49)22-36-41(3,4)32-20-28(55-6)12-14-34(32)43(36)23-24-16-25(44(50)51)18-26(17-24)45(52)53/h11-14,16-22H,7-10,15,23H2,1-6H3,(H-,46,47,48,49). The van der Waals surface area contributed by atoms with E-state index in [0.29, 0.717) is 54.3 Å². The highest BCUT2D eigenvalue weighted by atomic mass is 16.6. The summed E-state index contributed by atoms with van der Waals surface area (Å²) in [5, 5.41) is 46.5. The molecule has 14 heteroatoms. The normalized spacial score (nSPS) is 18.1. The van der Waals surface area contributed by atoms with Gasteiger partial charge in [0.05, 0.1) is 35.5 Å². The van der Waals surface area contributed by atoms with Gasteiger partial charge in [-0.15, -0.1) is 0 Å². The summed E-state index contributed by atoms with van der Waals surface area (Å²) in [7, 11) is 3.12. The predicted octanol–water partition coefficient (Wildman–Crippen LogP) is 6.55. The Bertz CT molecular complexity index is 2250. The van der Waals surface area contributed by atoms with Gasteiger partial charge in [0.15, 0.2) is 18.0 Å². The van der Waals surface area contributed by atoms with E-state index in [1.165, 1.54) is 19.2 Å². The number of nitro benzene ring substituents is 2. The molecule has 0 amide bonds. The maximum atomic E-state index is 14.0. The van der Waals surface area contributed by atoms with Crippen LogP contribution in [0.5, 0.6) is 11.5 Å². The molecule has 1 N–H and O–H groups in total. The lowest BCUT2D eigenvalue weighted by molar-refractivity contribution is -0.455. The van der Waals surface area contributed by atoms with Gasteiger partial charge in [0.1, 0.15) is 11.5 Å². The third-order valence-corrected chi connectivity index (χ3v) is 10.7. The molecule has 0 aromatic heterocycles. The number of carboxylic acids is 1. The number of nitrogens with zero attached hydrogens (tertiary/aromatic N) is 4. The molecule has 0 atom stereocenters. The largest absolute Gasteiger partial charge is 0.871 e. The number of unbranched alkanes of at least 4 members (excludes halogenated alkanes) is 2. The van der Waals surface area contributed by atoms with Crippen LogP contribution in [-0.4, -0.2) is 57.8 Å². The van der Waals surface area contributed by atoms with Crippen LogP contribution in [0.4, 0.5) is 22.7 Å². The minimum atomic E-state index is -0.846. The summed E-state index contributed by atoms with van der Waals surface area (Å²) in [4.78, 5) is 49.2. The van der Waals surface area contributed by atoms with E-state index in [4.69, 9.17) is 14.6 Å². The first-order valence-electron chi connectivity index (χ1n) is 17.8. The van der Waals surface area contributed by atoms with Gasteiger partial charge in [0.25, 0.3) is 11.4 Å². The van der Waals surface area contributed by atoms with E-state index in [1.54, 1.807) is 25.3 Å². The summed E-state index contributed by atoms with van der Waals surface area (Å²) in [6, 6.07) is 14.6. The molecule has 286 valence electrons. The Balaban J connectivity index is 1.43. The van der Waals surface area contributed by atoms with Crippen LogP contribution in [0, 0.1) is 20.2 Å². The van der Waals surface area contributed by atoms with Crippen molar-refractivity contribution in [2.45, 2.75) is 70.8 Å². The van der Waals surface area contributed by atoms with Gasteiger partial charge in [-0.1, -0.05) is 26.0 Å². The second-order valence-electron chi connectivity index (χ2n) is 14.9. The summed E-state index contributed by atoms with van der Waals surface area (Å²) in [5.41, 5.74) is 2.72. The minimum absolute atomic E-state index is 0.0231. The summed E-state index contributed by atoms with van der Waals surface area (Å²) in [6.07, 6.45) is 5.21. The van der Waals surface area contributed by atoms with Gasteiger partial charge in [-0.3, -0.25) is 29.8 Å². The molecule has 3 aliphatic rings. The number of allylic oxidation sites excluding steroid dienone is 5. The molecule has 1 aliphatic carbocycles. The van der Waals surface area contributed by atoms with Crippen LogP contribution in [0.2, 0.25) is 0 Å². The number of ether oxygens (including phenoxy) is 2. The maximum Gasteiger partial charge on any atom is 0.303 e. The van der Waals surface area contributed by atoms with Crippen LogP contribution in [0.1, 0.15) is 70.1 Å². The van der Waals surface area contributed by atoms with E-state index in [0.717, 1.165) is 28.6 Å². The van der Waals surface area contributed by atoms with E-state index in [-0.39, 0.29) is 24.1 Å². The molecule has 0 saturated heterocycles. The number of fused-ring (bicyclic) bond motifs is 2. The molecule has 0 saturated carbocycles. The third kappa shape index (κ3) is 6.95. The minimum Gasteiger partial charge on any atom is -0.871 e. The first kappa shape index (κ1) is 38.4. The fourth-order valence-electron chi connectivity index (χ4n) is 7.73. The van der Waals surface area contributed by atoms with E-state index >= 15 is 0 Å². The fourth-order valence-corrected chi connectivity index (χ4v) is 7.73. The molecule has 0 unspecified atom stereocenters. The maximum absolute atomic E-state index is 14.0. The Morgan fingerprint density at radius 3 is 2.05 bits per heavy atom. The number of methoxy groups -OCH3 is 2. The van der Waals surface area contributed by atoms with Gasteiger partial charge in [0, 0.05) is 76.3 Å². The van der Waals surface area contributed by atoms with Crippen molar-refractivity contribution in [1.82, 2.24) is 0 Å². The van der Waals surface area contributed by atoms with E-state index < -0.39 is 49.6 Å². The number of carbonyl (C=O) groups is 2. The van der Waals surface area contributed by atoms with Gasteiger partial charge in [0.2, 0.25) is 5.69 Å². The lowest BCUT2D eigenvalue weighted by atomic mass is 9.77. The van der Waals surface area contributed by atoms with Crippen molar-refractivity contribution < 1.29 is 43.7 Å². The van der Waals surface area contributed by atoms with Crippen LogP contribution in [0.3, 0.4) is 0 Å². The zero-order valence-electron chi connectivity index (χ0n) is 31.5. The number of carboxylic acid groups (broad SMARTS) is 1. The van der Waals surface area contributed by atoms with Crippen molar-refractivity contribution in [3.8, 4) is 11.5 Å². The number of non-ortho nitro benzene ring substituents is 2. The van der Waals surface area contributed by atoms with Crippen molar-refractivity contribution >= 4 is 40.2 Å². The van der Waals surface area contributed by atoms with Gasteiger partial charge >= 0.3 is 5.97 Å². The number of aliphatic carboxylic acids is 1. The van der Waals surface area contributed by atoms with E-state index in [1.807, 2.05) is 62.6 Å². The molecule has 2 aliphatic heterocycles. The molecule has 0 spiro atoms. The Morgan fingerprint density at radius 1 is 0.855 bits per heavy atom. The number of hydrogen-bond acceptors (Lipinski definition) is 10. The van der Waals surface area contributed by atoms with Crippen LogP contribution in [0.25, 0.3) is 0 Å². The number of hydrogen-bond donors (Lipinski definition) is 1. The zero-order chi connectivity index (χ0) is 40.0. The Labute approximate surface area is 317 Å². The molecule has 55 heavy (non-hydrogen) atoms. The van der Waals surface area contributed by atoms with Crippen LogP contribution < -0.4 is 19.5 Å². The van der Waals surface area contributed by atoms with Crippen LogP contribution in [0.15, 0.2) is 89.4 Å². The summed E-state index contributed by atoms with van der Waals surface area (Å²) in [5.74, 6) is -0.477. The Kier molecular flexibility index (Phi) is 10.1.